The summed E-state index contributed by atoms with van der Waals surface area (Å²) in [6.45, 7) is 17.8. The fraction of sp³-hybridized carbons (Fsp3) is 1.00. The first kappa shape index (κ1) is 22.5. The van der Waals surface area contributed by atoms with E-state index in [0.717, 1.165) is 0 Å². The SMILES string of the molecule is CC(C)[Si]1(C(C)C)OC[C@H]2O[C@@H]([B]N)C(O)C2O[Si](C(C)C)(C(C)C)O1. The number of rotatable bonds is 5. The predicted octanol–water partition coefficient (Wildman–Crippen LogP) is 2.61. The third kappa shape index (κ3) is 3.74. The van der Waals surface area contributed by atoms with Gasteiger partial charge in [0.05, 0.1) is 12.6 Å². The summed E-state index contributed by atoms with van der Waals surface area (Å²) in [5.41, 5.74) is 6.70. The van der Waals surface area contributed by atoms with Crippen LogP contribution >= 0.6 is 0 Å². The predicted molar refractivity (Wildman–Crippen MR) is 108 cm³/mol. The van der Waals surface area contributed by atoms with Crippen molar-refractivity contribution in [2.45, 2.75) is 102 Å². The van der Waals surface area contributed by atoms with E-state index in [1.54, 1.807) is 0 Å². The number of aliphatic hydroxyl groups excluding tert-OH is 1. The molecule has 0 aromatic rings. The molecule has 2 aliphatic heterocycles. The van der Waals surface area contributed by atoms with Crippen molar-refractivity contribution in [3.8, 4) is 0 Å². The van der Waals surface area contributed by atoms with Crippen LogP contribution < -0.4 is 5.64 Å². The van der Waals surface area contributed by atoms with Crippen LogP contribution in [-0.4, -0.2) is 60.6 Å². The molecule has 0 aliphatic carbocycles. The molecule has 0 spiro atoms. The van der Waals surface area contributed by atoms with E-state index in [1.807, 2.05) is 0 Å². The molecule has 2 fully saturated rings. The van der Waals surface area contributed by atoms with Gasteiger partial charge in [-0.2, -0.15) is 0 Å². The molecule has 2 saturated heterocycles. The van der Waals surface area contributed by atoms with E-state index in [1.165, 1.54) is 7.41 Å². The van der Waals surface area contributed by atoms with E-state index in [9.17, 15) is 5.11 Å². The molecular weight excluding hydrogens is 365 g/mol. The zero-order chi connectivity index (χ0) is 19.9. The monoisotopic (exact) mass is 402 g/mol. The van der Waals surface area contributed by atoms with E-state index in [0.29, 0.717) is 6.61 Å². The molecule has 0 bridgehead atoms. The average molecular weight is 402 g/mol. The topological polar surface area (TPSA) is 83.2 Å². The van der Waals surface area contributed by atoms with Gasteiger partial charge < -0.3 is 28.5 Å². The lowest BCUT2D eigenvalue weighted by molar-refractivity contribution is -0.0320. The Morgan fingerprint density at radius 1 is 0.923 bits per heavy atom. The zero-order valence-corrected chi connectivity index (χ0v) is 19.6. The standard InChI is InChI=1S/C17H37BNO5Si2/c1-10(2)25(11(3)4)21-9-14-16(15(20)17(18-19)22-14)23-26(24-25,12(5)6)13(7)8/h10-17,20H,9,19H2,1-8H3/t14-,15?,16?,17-/m1/s1. The molecule has 0 saturated carbocycles. The fourth-order valence-corrected chi connectivity index (χ4v) is 15.6. The molecule has 2 aliphatic rings. The van der Waals surface area contributed by atoms with Crippen LogP contribution in [0, 0.1) is 0 Å². The van der Waals surface area contributed by atoms with Crippen molar-refractivity contribution in [3.63, 3.8) is 0 Å². The van der Waals surface area contributed by atoms with Crippen LogP contribution in [0.4, 0.5) is 0 Å². The highest BCUT2D eigenvalue weighted by Gasteiger charge is 2.61. The van der Waals surface area contributed by atoms with Crippen molar-refractivity contribution < 1.29 is 22.8 Å². The fourth-order valence-electron chi connectivity index (χ4n) is 4.34. The van der Waals surface area contributed by atoms with E-state index >= 15 is 0 Å². The smallest absolute Gasteiger partial charge is 0.335 e. The molecule has 9 heteroatoms. The average Bonchev–Trinajstić information content (AvgIpc) is 2.81. The first-order valence-corrected chi connectivity index (χ1v) is 13.9. The number of hydrogen-bond donors (Lipinski definition) is 2. The lowest BCUT2D eigenvalue weighted by Gasteiger charge is -2.51. The van der Waals surface area contributed by atoms with Crippen LogP contribution in [0.5, 0.6) is 0 Å². The Kier molecular flexibility index (Phi) is 7.22. The third-order valence-electron chi connectivity index (χ3n) is 5.89. The molecule has 2 rings (SSSR count). The van der Waals surface area contributed by atoms with Gasteiger partial charge >= 0.3 is 17.1 Å². The molecule has 0 aromatic carbocycles. The summed E-state index contributed by atoms with van der Waals surface area (Å²) >= 11 is 0. The Morgan fingerprint density at radius 2 is 1.42 bits per heavy atom. The first-order chi connectivity index (χ1) is 12.0. The van der Waals surface area contributed by atoms with Crippen molar-refractivity contribution in [3.05, 3.63) is 0 Å². The summed E-state index contributed by atoms with van der Waals surface area (Å²) in [4.78, 5) is 0. The summed E-state index contributed by atoms with van der Waals surface area (Å²) < 4.78 is 26.4. The zero-order valence-electron chi connectivity index (χ0n) is 17.6. The second-order valence-electron chi connectivity index (χ2n) is 8.88. The summed E-state index contributed by atoms with van der Waals surface area (Å²) in [5.74, 6) is 0. The van der Waals surface area contributed by atoms with Crippen LogP contribution in [0.15, 0.2) is 0 Å². The molecule has 0 amide bonds. The van der Waals surface area contributed by atoms with Gasteiger partial charge in [-0.15, -0.1) is 0 Å². The van der Waals surface area contributed by atoms with Gasteiger partial charge in [0, 0.05) is 0 Å². The number of fused-ring (bicyclic) bond motifs is 1. The largest absolute Gasteiger partial charge is 0.414 e. The van der Waals surface area contributed by atoms with Crippen LogP contribution in [0.25, 0.3) is 0 Å². The Labute approximate surface area is 161 Å². The highest BCUT2D eigenvalue weighted by Crippen LogP contribution is 2.47. The second-order valence-corrected chi connectivity index (χ2v) is 17.7. The molecule has 6 nitrogen and oxygen atoms in total. The molecule has 26 heavy (non-hydrogen) atoms. The van der Waals surface area contributed by atoms with Gasteiger partial charge in [-0.1, -0.05) is 55.4 Å². The second kappa shape index (κ2) is 8.32. The number of ether oxygens (including phenoxy) is 1. The highest BCUT2D eigenvalue weighted by atomic mass is 28.5. The number of nitrogens with two attached hydrogens (primary N) is 1. The van der Waals surface area contributed by atoms with E-state index in [2.05, 4.69) is 55.4 Å². The van der Waals surface area contributed by atoms with Crippen molar-refractivity contribution in [2.75, 3.05) is 6.61 Å². The van der Waals surface area contributed by atoms with Gasteiger partial charge in [0.2, 0.25) is 7.41 Å². The maximum atomic E-state index is 10.7. The molecule has 3 N–H and O–H groups in total. The molecule has 2 unspecified atom stereocenters. The molecule has 151 valence electrons. The van der Waals surface area contributed by atoms with Gasteiger partial charge in [0.15, 0.2) is 0 Å². The quantitative estimate of drug-likeness (QED) is 0.688. The normalized spacial score (nSPS) is 34.2. The van der Waals surface area contributed by atoms with Crippen LogP contribution in [0.3, 0.4) is 0 Å². The first-order valence-electron chi connectivity index (χ1n) is 9.92. The summed E-state index contributed by atoms with van der Waals surface area (Å²) in [7, 11) is -3.86. The summed E-state index contributed by atoms with van der Waals surface area (Å²) in [5, 5.41) is 10.7. The summed E-state index contributed by atoms with van der Waals surface area (Å²) in [6, 6.07) is -0.535. The Balaban J connectivity index is 2.52. The van der Waals surface area contributed by atoms with Gasteiger partial charge in [-0.3, -0.25) is 0 Å². The van der Waals surface area contributed by atoms with E-state index in [-0.39, 0.29) is 28.3 Å². The van der Waals surface area contributed by atoms with Crippen LogP contribution in [0.2, 0.25) is 22.2 Å². The molecular formula is C17H37BNO5Si2. The Bertz CT molecular complexity index is 464. The lowest BCUT2D eigenvalue weighted by atomic mass is 9.83. The third-order valence-corrected chi connectivity index (χ3v) is 16.1. The van der Waals surface area contributed by atoms with Gasteiger partial charge in [-0.25, -0.2) is 0 Å². The molecule has 4 atom stereocenters. The minimum absolute atomic E-state index is 0.224. The van der Waals surface area contributed by atoms with E-state index < -0.39 is 35.3 Å². The van der Waals surface area contributed by atoms with Crippen molar-refractivity contribution >= 4 is 24.5 Å². The van der Waals surface area contributed by atoms with Gasteiger partial charge in [-0.05, 0) is 22.2 Å². The van der Waals surface area contributed by atoms with Crippen molar-refractivity contribution in [2.24, 2.45) is 5.64 Å². The van der Waals surface area contributed by atoms with Crippen LogP contribution in [0.1, 0.15) is 55.4 Å². The minimum Gasteiger partial charge on any atom is -0.414 e. The number of aliphatic hydroxyl groups is 1. The minimum atomic E-state index is -2.71. The number of hydrogen-bond acceptors (Lipinski definition) is 6. The van der Waals surface area contributed by atoms with Crippen molar-refractivity contribution in [1.29, 1.82) is 0 Å². The Morgan fingerprint density at radius 3 is 1.85 bits per heavy atom. The molecule has 0 aromatic heterocycles. The highest BCUT2D eigenvalue weighted by molar-refractivity contribution is 6.84. The van der Waals surface area contributed by atoms with Gasteiger partial charge in [0.1, 0.15) is 18.3 Å². The van der Waals surface area contributed by atoms with Gasteiger partial charge in [0.25, 0.3) is 0 Å². The molecule has 2 heterocycles. The maximum absolute atomic E-state index is 10.7. The van der Waals surface area contributed by atoms with Crippen molar-refractivity contribution in [1.82, 2.24) is 0 Å². The van der Waals surface area contributed by atoms with Crippen LogP contribution in [-0.2, 0) is 17.7 Å². The maximum Gasteiger partial charge on any atom is 0.335 e. The van der Waals surface area contributed by atoms with E-state index in [4.69, 9.17) is 23.3 Å². The molecule has 1 radical (unpaired) electrons. The summed E-state index contributed by atoms with van der Waals surface area (Å²) in [6.07, 6.45) is -1.59. The lowest BCUT2D eigenvalue weighted by Crippen LogP contribution is -2.65. The Hall–Kier alpha value is 0.259.